The van der Waals surface area contributed by atoms with Crippen LogP contribution >= 0.6 is 0 Å². The largest absolute Gasteiger partial charge is 0.390 e. The number of alkyl halides is 4. The average molecular weight is 191 g/mol. The van der Waals surface area contributed by atoms with E-state index in [1.165, 1.54) is 23.5 Å². The Morgan fingerprint density at radius 1 is 1.00 bits per heavy atom. The van der Waals surface area contributed by atoms with E-state index in [9.17, 15) is 17.6 Å². The maximum Gasteiger partial charge on any atom is 0.390 e. The summed E-state index contributed by atoms with van der Waals surface area (Å²) in [6.07, 6.45) is 0. The van der Waals surface area contributed by atoms with E-state index >= 15 is 0 Å². The Bertz CT molecular complexity index is 348. The number of rotatable bonds is 0. The van der Waals surface area contributed by atoms with E-state index in [0.29, 0.717) is 0 Å². The van der Waals surface area contributed by atoms with Crippen LogP contribution in [0.3, 0.4) is 0 Å². The molecule has 1 aromatic carbocycles. The Morgan fingerprint density at radius 2 is 1.62 bits per heavy atom. The third-order valence-corrected chi connectivity index (χ3v) is 1.95. The van der Waals surface area contributed by atoms with Crippen molar-refractivity contribution in [3.05, 3.63) is 29.8 Å². The topological polar surface area (TPSA) is 12.0 Å². The molecule has 0 unspecified atom stereocenters. The average Bonchev–Trinajstić information content (AvgIpc) is 2.20. The van der Waals surface area contributed by atoms with Gasteiger partial charge >= 0.3 is 12.0 Å². The first-order valence-electron chi connectivity index (χ1n) is 3.58. The zero-order chi connectivity index (χ0) is 9.69. The highest BCUT2D eigenvalue weighted by atomic mass is 19.3. The Kier molecular flexibility index (Phi) is 1.38. The number of benzene rings is 1. The molecule has 70 valence electrons. The number of para-hydroxylation sites is 1. The lowest BCUT2D eigenvalue weighted by Gasteiger charge is -2.17. The van der Waals surface area contributed by atoms with Gasteiger partial charge in [0.15, 0.2) is 0 Å². The predicted octanol–water partition coefficient (Wildman–Crippen LogP) is 2.80. The van der Waals surface area contributed by atoms with Gasteiger partial charge in [-0.25, -0.2) is 0 Å². The van der Waals surface area contributed by atoms with Gasteiger partial charge in [0.05, 0.1) is 5.56 Å². The summed E-state index contributed by atoms with van der Waals surface area (Å²) in [6, 6.07) is 0.725. The molecule has 0 fully saturated rings. The Hall–Kier alpha value is -1.26. The van der Waals surface area contributed by atoms with Crippen molar-refractivity contribution in [3.63, 3.8) is 0 Å². The molecule has 13 heavy (non-hydrogen) atoms. The summed E-state index contributed by atoms with van der Waals surface area (Å²) in [5, 5.41) is 1.48. The van der Waals surface area contributed by atoms with E-state index in [4.69, 9.17) is 0 Å². The lowest BCUT2D eigenvalue weighted by Crippen LogP contribution is -2.38. The Balaban J connectivity index is 2.60. The molecule has 0 saturated carbocycles. The zero-order valence-corrected chi connectivity index (χ0v) is 6.32. The van der Waals surface area contributed by atoms with Crippen LogP contribution in [-0.2, 0) is 5.92 Å². The molecule has 2 rings (SSSR count). The molecule has 0 bridgehead atoms. The third-order valence-electron chi connectivity index (χ3n) is 1.95. The van der Waals surface area contributed by atoms with Gasteiger partial charge in [-0.15, -0.1) is 0 Å². The fraction of sp³-hybridized carbons (Fsp3) is 0.250. The summed E-state index contributed by atoms with van der Waals surface area (Å²) in [5.41, 5.74) is -0.863. The van der Waals surface area contributed by atoms with Crippen molar-refractivity contribution in [2.45, 2.75) is 12.0 Å². The minimum absolute atomic E-state index is 0.211. The molecule has 5 heteroatoms. The fourth-order valence-electron chi connectivity index (χ4n) is 1.28. The van der Waals surface area contributed by atoms with E-state index in [-0.39, 0.29) is 5.69 Å². The standard InChI is InChI=1S/C8H5F4N/c9-7(10)5-3-1-2-4-6(5)13-8(7,11)12/h1-4,13H. The molecule has 0 aliphatic carbocycles. The maximum atomic E-state index is 12.9. The summed E-state index contributed by atoms with van der Waals surface area (Å²) in [4.78, 5) is 0. The number of fused-ring (bicyclic) bond motifs is 1. The smallest absolute Gasteiger partial charge is 0.321 e. The molecule has 1 heterocycles. The van der Waals surface area contributed by atoms with Crippen LogP contribution in [0, 0.1) is 0 Å². The van der Waals surface area contributed by atoms with Crippen LogP contribution in [-0.4, -0.2) is 6.05 Å². The third kappa shape index (κ3) is 0.928. The van der Waals surface area contributed by atoms with E-state index in [2.05, 4.69) is 0 Å². The van der Waals surface area contributed by atoms with Crippen LogP contribution in [0.25, 0.3) is 0 Å². The van der Waals surface area contributed by atoms with Gasteiger partial charge in [-0.3, -0.25) is 0 Å². The summed E-state index contributed by atoms with van der Waals surface area (Å²) in [5.74, 6) is -4.12. The molecule has 0 radical (unpaired) electrons. The fourth-order valence-corrected chi connectivity index (χ4v) is 1.28. The summed E-state index contributed by atoms with van der Waals surface area (Å²) >= 11 is 0. The number of hydrogen-bond donors (Lipinski definition) is 1. The number of anilines is 1. The van der Waals surface area contributed by atoms with Gasteiger partial charge < -0.3 is 5.32 Å². The summed E-state index contributed by atoms with van der Waals surface area (Å²) < 4.78 is 51.1. The van der Waals surface area contributed by atoms with Crippen LogP contribution < -0.4 is 5.32 Å². The van der Waals surface area contributed by atoms with Crippen molar-refractivity contribution >= 4 is 5.69 Å². The minimum atomic E-state index is -4.18. The van der Waals surface area contributed by atoms with Gasteiger partial charge in [-0.1, -0.05) is 18.2 Å². The van der Waals surface area contributed by atoms with Gasteiger partial charge in [-0.05, 0) is 6.07 Å². The molecular formula is C8H5F4N. The van der Waals surface area contributed by atoms with E-state index in [1.54, 1.807) is 0 Å². The minimum Gasteiger partial charge on any atom is -0.321 e. The second-order valence-electron chi connectivity index (χ2n) is 2.82. The molecule has 1 aliphatic rings. The van der Waals surface area contributed by atoms with Crippen molar-refractivity contribution < 1.29 is 17.6 Å². The normalized spacial score (nSPS) is 22.2. The van der Waals surface area contributed by atoms with Crippen LogP contribution in [0.5, 0.6) is 0 Å². The first-order valence-corrected chi connectivity index (χ1v) is 3.58. The number of halogens is 4. The van der Waals surface area contributed by atoms with E-state index in [0.717, 1.165) is 6.07 Å². The van der Waals surface area contributed by atoms with Crippen molar-refractivity contribution in [2.24, 2.45) is 0 Å². The molecule has 0 aromatic heterocycles. The van der Waals surface area contributed by atoms with Crippen LogP contribution in [0.1, 0.15) is 5.56 Å². The van der Waals surface area contributed by atoms with Gasteiger partial charge in [0, 0.05) is 5.69 Å². The zero-order valence-electron chi connectivity index (χ0n) is 6.32. The molecule has 1 nitrogen and oxygen atoms in total. The molecule has 0 saturated heterocycles. The first kappa shape index (κ1) is 8.34. The monoisotopic (exact) mass is 191 g/mol. The van der Waals surface area contributed by atoms with Gasteiger partial charge in [0.2, 0.25) is 0 Å². The molecule has 0 atom stereocenters. The number of hydrogen-bond acceptors (Lipinski definition) is 1. The highest BCUT2D eigenvalue weighted by Gasteiger charge is 2.63. The molecular weight excluding hydrogens is 186 g/mol. The van der Waals surface area contributed by atoms with Crippen molar-refractivity contribution in [1.82, 2.24) is 0 Å². The lowest BCUT2D eigenvalue weighted by molar-refractivity contribution is -0.189. The quantitative estimate of drug-likeness (QED) is 0.491. The van der Waals surface area contributed by atoms with Crippen molar-refractivity contribution in [2.75, 3.05) is 5.32 Å². The van der Waals surface area contributed by atoms with E-state index < -0.39 is 17.5 Å². The molecule has 0 amide bonds. The van der Waals surface area contributed by atoms with Gasteiger partial charge in [-0.2, -0.15) is 17.6 Å². The molecule has 1 aliphatic heterocycles. The highest BCUT2D eigenvalue weighted by molar-refractivity contribution is 5.60. The maximum absolute atomic E-state index is 12.9. The lowest BCUT2D eigenvalue weighted by atomic mass is 10.1. The highest BCUT2D eigenvalue weighted by Crippen LogP contribution is 2.51. The van der Waals surface area contributed by atoms with Gasteiger partial charge in [0.25, 0.3) is 0 Å². The number of nitrogens with one attached hydrogen (secondary N) is 1. The van der Waals surface area contributed by atoms with Crippen LogP contribution in [0.15, 0.2) is 24.3 Å². The van der Waals surface area contributed by atoms with Gasteiger partial charge in [0.1, 0.15) is 0 Å². The summed E-state index contributed by atoms with van der Waals surface area (Å²) in [6.45, 7) is 0. The van der Waals surface area contributed by atoms with Crippen molar-refractivity contribution in [3.8, 4) is 0 Å². The van der Waals surface area contributed by atoms with E-state index in [1.807, 2.05) is 0 Å². The second kappa shape index (κ2) is 2.16. The summed E-state index contributed by atoms with van der Waals surface area (Å²) in [7, 11) is 0. The SMILES string of the molecule is FC1(F)Nc2ccccc2C1(F)F. The Labute approximate surface area is 71.4 Å². The molecule has 1 N–H and O–H groups in total. The predicted molar refractivity (Wildman–Crippen MR) is 38.9 cm³/mol. The molecule has 1 aromatic rings. The van der Waals surface area contributed by atoms with Crippen molar-refractivity contribution in [1.29, 1.82) is 0 Å². The first-order chi connectivity index (χ1) is 5.95. The van der Waals surface area contributed by atoms with Crippen LogP contribution in [0.4, 0.5) is 23.2 Å². The second-order valence-corrected chi connectivity index (χ2v) is 2.82. The van der Waals surface area contributed by atoms with Crippen LogP contribution in [0.2, 0.25) is 0 Å². The molecule has 0 spiro atoms. The Morgan fingerprint density at radius 3 is 2.23 bits per heavy atom.